The molecular weight excluding hydrogens is 396 g/mol. The van der Waals surface area contributed by atoms with E-state index in [1.165, 1.54) is 0 Å². The summed E-state index contributed by atoms with van der Waals surface area (Å²) in [4.78, 5) is 24.4. The third-order valence-corrected chi connectivity index (χ3v) is 4.08. The van der Waals surface area contributed by atoms with Gasteiger partial charge in [0.25, 0.3) is 5.91 Å². The van der Waals surface area contributed by atoms with Gasteiger partial charge >= 0.3 is 6.09 Å². The van der Waals surface area contributed by atoms with Crippen molar-refractivity contribution in [3.8, 4) is 11.5 Å². The van der Waals surface area contributed by atoms with Gasteiger partial charge in [-0.2, -0.15) is 0 Å². The Kier molecular flexibility index (Phi) is 8.73. The van der Waals surface area contributed by atoms with E-state index in [1.54, 1.807) is 45.0 Å². The van der Waals surface area contributed by atoms with Crippen molar-refractivity contribution in [1.82, 2.24) is 5.32 Å². The highest BCUT2D eigenvalue weighted by Gasteiger charge is 2.16. The van der Waals surface area contributed by atoms with Gasteiger partial charge in [-0.15, -0.1) is 0 Å². The second kappa shape index (κ2) is 11.2. The molecular formula is C24H32N2O5. The summed E-state index contributed by atoms with van der Waals surface area (Å²) in [5.74, 6) is 1.20. The van der Waals surface area contributed by atoms with Crippen LogP contribution in [-0.2, 0) is 11.2 Å². The molecule has 0 atom stereocenters. The summed E-state index contributed by atoms with van der Waals surface area (Å²) in [5.41, 5.74) is 1.39. The fraction of sp³-hybridized carbons (Fsp3) is 0.417. The van der Waals surface area contributed by atoms with E-state index < -0.39 is 11.7 Å². The summed E-state index contributed by atoms with van der Waals surface area (Å²) in [6.45, 7) is 10.8. The average molecular weight is 429 g/mol. The van der Waals surface area contributed by atoms with Gasteiger partial charge in [-0.25, -0.2) is 4.79 Å². The number of benzene rings is 2. The molecule has 0 bridgehead atoms. The number of hydrogen-bond donors (Lipinski definition) is 2. The van der Waals surface area contributed by atoms with Crippen molar-refractivity contribution in [2.24, 2.45) is 0 Å². The lowest BCUT2D eigenvalue weighted by molar-refractivity contribution is 0.0635. The Bertz CT molecular complexity index is 890. The van der Waals surface area contributed by atoms with Crippen LogP contribution in [0.25, 0.3) is 0 Å². The Morgan fingerprint density at radius 2 is 1.65 bits per heavy atom. The molecule has 7 nitrogen and oxygen atoms in total. The van der Waals surface area contributed by atoms with Crippen LogP contribution in [0.3, 0.4) is 0 Å². The van der Waals surface area contributed by atoms with Crippen LogP contribution in [-0.4, -0.2) is 37.4 Å². The van der Waals surface area contributed by atoms with Crippen LogP contribution < -0.4 is 20.1 Å². The lowest BCUT2D eigenvalue weighted by atomic mass is 10.1. The van der Waals surface area contributed by atoms with Crippen LogP contribution in [0.2, 0.25) is 0 Å². The Labute approximate surface area is 184 Å². The van der Waals surface area contributed by atoms with E-state index in [0.29, 0.717) is 48.9 Å². The zero-order valence-corrected chi connectivity index (χ0v) is 18.9. The van der Waals surface area contributed by atoms with Crippen molar-refractivity contribution < 1.29 is 23.8 Å². The van der Waals surface area contributed by atoms with E-state index >= 15 is 0 Å². The van der Waals surface area contributed by atoms with Gasteiger partial charge < -0.3 is 19.5 Å². The molecule has 0 unspecified atom stereocenters. The van der Waals surface area contributed by atoms with Crippen LogP contribution in [0.4, 0.5) is 10.5 Å². The van der Waals surface area contributed by atoms with Crippen molar-refractivity contribution in [2.75, 3.05) is 25.1 Å². The van der Waals surface area contributed by atoms with Crippen LogP contribution >= 0.6 is 0 Å². The van der Waals surface area contributed by atoms with Gasteiger partial charge in [0.15, 0.2) is 11.5 Å². The van der Waals surface area contributed by atoms with E-state index in [9.17, 15) is 9.59 Å². The molecule has 0 aliphatic carbocycles. The van der Waals surface area contributed by atoms with E-state index in [0.717, 1.165) is 5.56 Å². The lowest BCUT2D eigenvalue weighted by Gasteiger charge is -2.19. The van der Waals surface area contributed by atoms with Gasteiger partial charge in [-0.05, 0) is 76.9 Å². The van der Waals surface area contributed by atoms with Crippen LogP contribution in [0.15, 0.2) is 42.5 Å². The molecule has 0 heterocycles. The lowest BCUT2D eigenvalue weighted by Crippen LogP contribution is -2.28. The standard InChI is InChI=1S/C24H32N2O5/c1-6-29-20-12-11-17(15-21(20)30-7-2)13-14-25-22(27)18-9-8-10-19(16-18)26-23(28)31-24(3,4)5/h8-12,15-16H,6-7,13-14H2,1-5H3,(H,25,27)(H,26,28). The zero-order chi connectivity index (χ0) is 22.9. The fourth-order valence-electron chi connectivity index (χ4n) is 2.83. The quantitative estimate of drug-likeness (QED) is 0.599. The molecule has 2 amide bonds. The second-order valence-electron chi connectivity index (χ2n) is 7.86. The highest BCUT2D eigenvalue weighted by molar-refractivity contribution is 5.96. The Morgan fingerprint density at radius 1 is 0.935 bits per heavy atom. The number of ether oxygens (including phenoxy) is 3. The van der Waals surface area contributed by atoms with Crippen LogP contribution in [0.1, 0.15) is 50.5 Å². The summed E-state index contributed by atoms with van der Waals surface area (Å²) < 4.78 is 16.5. The molecule has 0 fully saturated rings. The molecule has 168 valence electrons. The van der Waals surface area contributed by atoms with Crippen LogP contribution in [0.5, 0.6) is 11.5 Å². The van der Waals surface area contributed by atoms with E-state index in [2.05, 4.69) is 10.6 Å². The maximum absolute atomic E-state index is 12.5. The Morgan fingerprint density at radius 3 is 2.32 bits per heavy atom. The van der Waals surface area contributed by atoms with Crippen molar-refractivity contribution in [2.45, 2.75) is 46.6 Å². The fourth-order valence-corrected chi connectivity index (χ4v) is 2.83. The number of nitrogens with one attached hydrogen (secondary N) is 2. The summed E-state index contributed by atoms with van der Waals surface area (Å²) in [6, 6.07) is 12.5. The monoisotopic (exact) mass is 428 g/mol. The minimum Gasteiger partial charge on any atom is -0.490 e. The third-order valence-electron chi connectivity index (χ3n) is 4.08. The molecule has 2 aromatic carbocycles. The summed E-state index contributed by atoms with van der Waals surface area (Å²) in [5, 5.41) is 5.55. The molecule has 2 aromatic rings. The normalized spacial score (nSPS) is 10.9. The molecule has 0 aromatic heterocycles. The summed E-state index contributed by atoms with van der Waals surface area (Å²) in [7, 11) is 0. The SMILES string of the molecule is CCOc1ccc(CCNC(=O)c2cccc(NC(=O)OC(C)(C)C)c2)cc1OCC. The van der Waals surface area contributed by atoms with Gasteiger partial charge in [-0.1, -0.05) is 12.1 Å². The van der Waals surface area contributed by atoms with Crippen molar-refractivity contribution in [3.05, 3.63) is 53.6 Å². The number of carbonyl (C=O) groups is 2. The number of amides is 2. The molecule has 31 heavy (non-hydrogen) atoms. The highest BCUT2D eigenvalue weighted by atomic mass is 16.6. The Balaban J connectivity index is 1.93. The molecule has 2 N–H and O–H groups in total. The maximum Gasteiger partial charge on any atom is 0.412 e. The maximum atomic E-state index is 12.5. The largest absolute Gasteiger partial charge is 0.490 e. The second-order valence-corrected chi connectivity index (χ2v) is 7.86. The number of rotatable bonds is 9. The predicted octanol–water partition coefficient (Wildman–Crippen LogP) is 4.80. The zero-order valence-electron chi connectivity index (χ0n) is 18.9. The van der Waals surface area contributed by atoms with Gasteiger partial charge in [0, 0.05) is 17.8 Å². The van der Waals surface area contributed by atoms with Crippen LogP contribution in [0, 0.1) is 0 Å². The van der Waals surface area contributed by atoms with Gasteiger partial charge in [0.1, 0.15) is 5.60 Å². The predicted molar refractivity (Wildman–Crippen MR) is 121 cm³/mol. The molecule has 0 radical (unpaired) electrons. The molecule has 0 aliphatic rings. The van der Waals surface area contributed by atoms with Gasteiger partial charge in [0.2, 0.25) is 0 Å². The van der Waals surface area contributed by atoms with Crippen molar-refractivity contribution in [1.29, 1.82) is 0 Å². The number of hydrogen-bond acceptors (Lipinski definition) is 5. The first-order valence-corrected chi connectivity index (χ1v) is 10.5. The average Bonchev–Trinajstić information content (AvgIpc) is 2.69. The smallest absolute Gasteiger partial charge is 0.412 e. The first kappa shape index (κ1) is 24.1. The molecule has 2 rings (SSSR count). The first-order valence-electron chi connectivity index (χ1n) is 10.5. The summed E-state index contributed by atoms with van der Waals surface area (Å²) >= 11 is 0. The topological polar surface area (TPSA) is 85.9 Å². The van der Waals surface area contributed by atoms with Crippen molar-refractivity contribution in [3.63, 3.8) is 0 Å². The van der Waals surface area contributed by atoms with Gasteiger partial charge in [-0.3, -0.25) is 10.1 Å². The van der Waals surface area contributed by atoms with E-state index in [1.807, 2.05) is 32.0 Å². The minimum atomic E-state index is -0.595. The molecule has 0 aliphatic heterocycles. The Hall–Kier alpha value is -3.22. The third kappa shape index (κ3) is 8.20. The van der Waals surface area contributed by atoms with Gasteiger partial charge in [0.05, 0.1) is 13.2 Å². The minimum absolute atomic E-state index is 0.219. The van der Waals surface area contributed by atoms with E-state index in [4.69, 9.17) is 14.2 Å². The highest BCUT2D eigenvalue weighted by Crippen LogP contribution is 2.28. The number of carbonyl (C=O) groups excluding carboxylic acids is 2. The molecule has 0 spiro atoms. The molecule has 0 saturated carbocycles. The van der Waals surface area contributed by atoms with Crippen molar-refractivity contribution >= 4 is 17.7 Å². The van der Waals surface area contributed by atoms with E-state index in [-0.39, 0.29) is 5.91 Å². The first-order chi connectivity index (χ1) is 14.7. The molecule has 0 saturated heterocycles. The number of anilines is 1. The summed E-state index contributed by atoms with van der Waals surface area (Å²) in [6.07, 6.45) is 0.0827. The molecule has 7 heteroatoms.